The molecule has 156 valence electrons. The van der Waals surface area contributed by atoms with Crippen LogP contribution in [-0.4, -0.2) is 40.7 Å². The summed E-state index contributed by atoms with van der Waals surface area (Å²) in [4.78, 5) is 15.1. The highest BCUT2D eigenvalue weighted by Crippen LogP contribution is 2.18. The molecular formula is C20H31Cl2N5O. The first-order valence-corrected chi connectivity index (χ1v) is 9.43. The van der Waals surface area contributed by atoms with Crippen LogP contribution in [0.3, 0.4) is 0 Å². The highest BCUT2D eigenvalue weighted by molar-refractivity contribution is 5.95. The van der Waals surface area contributed by atoms with E-state index in [4.69, 9.17) is 0 Å². The van der Waals surface area contributed by atoms with Gasteiger partial charge in [-0.25, -0.2) is 0 Å². The van der Waals surface area contributed by atoms with Gasteiger partial charge in [0.05, 0.1) is 6.20 Å². The molecule has 0 aliphatic carbocycles. The third kappa shape index (κ3) is 6.78. The second-order valence-electron chi connectivity index (χ2n) is 7.05. The predicted molar refractivity (Wildman–Crippen MR) is 118 cm³/mol. The molecule has 6 nitrogen and oxygen atoms in total. The molecule has 0 spiro atoms. The summed E-state index contributed by atoms with van der Waals surface area (Å²) in [5.41, 5.74) is 2.96. The van der Waals surface area contributed by atoms with Gasteiger partial charge in [-0.3, -0.25) is 14.4 Å². The van der Waals surface area contributed by atoms with Gasteiger partial charge in [-0.2, -0.15) is 5.10 Å². The number of aromatic nitrogens is 2. The first-order valence-electron chi connectivity index (χ1n) is 9.43. The molecule has 1 unspecified atom stereocenters. The van der Waals surface area contributed by atoms with Crippen molar-refractivity contribution in [3.63, 3.8) is 0 Å². The van der Waals surface area contributed by atoms with Gasteiger partial charge in [-0.15, -0.1) is 24.8 Å². The highest BCUT2D eigenvalue weighted by atomic mass is 35.5. The summed E-state index contributed by atoms with van der Waals surface area (Å²) in [7, 11) is 3.62. The third-order valence-electron chi connectivity index (χ3n) is 4.94. The van der Waals surface area contributed by atoms with Crippen molar-refractivity contribution in [3.8, 4) is 0 Å². The molecule has 1 aliphatic rings. The van der Waals surface area contributed by atoms with Crippen LogP contribution in [0.4, 0.5) is 5.69 Å². The van der Waals surface area contributed by atoms with Crippen molar-refractivity contribution < 1.29 is 4.79 Å². The summed E-state index contributed by atoms with van der Waals surface area (Å²) in [6, 6.07) is 7.78. The fourth-order valence-corrected chi connectivity index (χ4v) is 3.50. The Morgan fingerprint density at radius 3 is 2.29 bits per heavy atom. The summed E-state index contributed by atoms with van der Waals surface area (Å²) in [6.45, 7) is 3.37. The van der Waals surface area contributed by atoms with E-state index < -0.39 is 6.04 Å². The largest absolute Gasteiger partial charge is 0.324 e. The number of halogens is 2. The zero-order valence-electron chi connectivity index (χ0n) is 16.6. The van der Waals surface area contributed by atoms with Gasteiger partial charge in [0.1, 0.15) is 6.04 Å². The van der Waals surface area contributed by atoms with Crippen LogP contribution in [0.15, 0.2) is 36.7 Å². The summed E-state index contributed by atoms with van der Waals surface area (Å²) >= 11 is 0. The summed E-state index contributed by atoms with van der Waals surface area (Å²) in [5.74, 6) is -0.0826. The molecule has 1 saturated heterocycles. The fourth-order valence-electron chi connectivity index (χ4n) is 3.50. The second kappa shape index (κ2) is 12.1. The van der Waals surface area contributed by atoms with Gasteiger partial charge in [0.25, 0.3) is 0 Å². The molecule has 3 rings (SSSR count). The van der Waals surface area contributed by atoms with Crippen LogP contribution in [0.1, 0.15) is 42.9 Å². The summed E-state index contributed by atoms with van der Waals surface area (Å²) in [5, 5.41) is 10.2. The molecule has 0 bridgehead atoms. The van der Waals surface area contributed by atoms with Crippen LogP contribution in [0.5, 0.6) is 0 Å². The minimum atomic E-state index is -0.416. The molecule has 0 radical (unpaired) electrons. The average Bonchev–Trinajstić information content (AvgIpc) is 2.90. The number of hydrogen-bond donors (Lipinski definition) is 2. The Bertz CT molecular complexity index is 712. The topological polar surface area (TPSA) is 62.2 Å². The van der Waals surface area contributed by atoms with Crippen molar-refractivity contribution in [3.05, 3.63) is 47.8 Å². The Balaban J connectivity index is 0.00000196. The summed E-state index contributed by atoms with van der Waals surface area (Å²) < 4.78 is 1.70. The van der Waals surface area contributed by atoms with E-state index in [9.17, 15) is 4.79 Å². The normalized spacial score (nSPS) is 15.6. The van der Waals surface area contributed by atoms with Crippen LogP contribution in [0.25, 0.3) is 0 Å². The number of rotatable bonds is 6. The monoisotopic (exact) mass is 427 g/mol. The second-order valence-corrected chi connectivity index (χ2v) is 7.05. The number of benzene rings is 1. The number of nitrogens with one attached hydrogen (secondary N) is 2. The van der Waals surface area contributed by atoms with Gasteiger partial charge >= 0.3 is 0 Å². The molecule has 2 N–H and O–H groups in total. The zero-order valence-corrected chi connectivity index (χ0v) is 18.2. The van der Waals surface area contributed by atoms with Crippen molar-refractivity contribution in [1.29, 1.82) is 0 Å². The van der Waals surface area contributed by atoms with Gasteiger partial charge < -0.3 is 10.6 Å². The lowest BCUT2D eigenvalue weighted by Gasteiger charge is -2.20. The molecule has 1 fully saturated rings. The van der Waals surface area contributed by atoms with Crippen molar-refractivity contribution in [1.82, 2.24) is 20.0 Å². The van der Waals surface area contributed by atoms with Crippen LogP contribution in [-0.2, 0) is 18.4 Å². The van der Waals surface area contributed by atoms with E-state index in [2.05, 4.69) is 32.8 Å². The molecule has 1 aromatic carbocycles. The lowest BCUT2D eigenvalue weighted by molar-refractivity contribution is -0.118. The Labute approximate surface area is 179 Å². The number of aryl methyl sites for hydroxylation is 1. The maximum Gasteiger partial charge on any atom is 0.246 e. The number of carbonyl (C=O) groups is 1. The Morgan fingerprint density at radius 1 is 1.11 bits per heavy atom. The van der Waals surface area contributed by atoms with E-state index in [1.54, 1.807) is 17.9 Å². The molecule has 0 saturated carbocycles. The Hall–Kier alpha value is -1.60. The molecule has 2 heterocycles. The summed E-state index contributed by atoms with van der Waals surface area (Å²) in [6.07, 6.45) is 8.87. The van der Waals surface area contributed by atoms with Crippen LogP contribution >= 0.6 is 24.8 Å². The molecular weight excluding hydrogens is 397 g/mol. The standard InChI is InChI=1S/C20H29N5O.2ClH/c1-21-19(17-13-22-24(2)15-17)20(26)23-18-9-7-16(8-10-18)14-25-11-5-3-4-6-12-25;;/h7-10,13,15,19,21H,3-6,11-12,14H2,1-2H3,(H,23,26);2*1H. The predicted octanol–water partition coefficient (Wildman–Crippen LogP) is 3.54. The van der Waals surface area contributed by atoms with Gasteiger partial charge in [-0.05, 0) is 50.7 Å². The van der Waals surface area contributed by atoms with E-state index in [0.29, 0.717) is 0 Å². The Kier molecular flexibility index (Phi) is 10.5. The fraction of sp³-hybridized carbons (Fsp3) is 0.500. The molecule has 1 amide bonds. The van der Waals surface area contributed by atoms with E-state index >= 15 is 0 Å². The molecule has 28 heavy (non-hydrogen) atoms. The molecule has 1 atom stereocenters. The first kappa shape index (κ1) is 24.4. The van der Waals surface area contributed by atoms with Gasteiger partial charge in [0.2, 0.25) is 5.91 Å². The maximum atomic E-state index is 12.6. The van der Waals surface area contributed by atoms with E-state index in [1.807, 2.05) is 25.4 Å². The molecule has 2 aromatic rings. The number of anilines is 1. The zero-order chi connectivity index (χ0) is 18.4. The van der Waals surface area contributed by atoms with Crippen molar-refractivity contribution in [2.45, 2.75) is 38.3 Å². The van der Waals surface area contributed by atoms with Gasteiger partial charge in [-0.1, -0.05) is 25.0 Å². The number of likely N-dealkylation sites (tertiary alicyclic amines) is 1. The molecule has 1 aliphatic heterocycles. The van der Waals surface area contributed by atoms with Gasteiger partial charge in [0.15, 0.2) is 0 Å². The van der Waals surface area contributed by atoms with Crippen molar-refractivity contribution in [2.24, 2.45) is 7.05 Å². The lowest BCUT2D eigenvalue weighted by atomic mass is 10.1. The maximum absolute atomic E-state index is 12.6. The minimum Gasteiger partial charge on any atom is -0.324 e. The lowest BCUT2D eigenvalue weighted by Crippen LogP contribution is -2.30. The highest BCUT2D eigenvalue weighted by Gasteiger charge is 2.20. The molecule has 8 heteroatoms. The molecule has 1 aromatic heterocycles. The number of amides is 1. The van der Waals surface area contributed by atoms with Crippen LogP contribution in [0.2, 0.25) is 0 Å². The van der Waals surface area contributed by atoms with E-state index in [-0.39, 0.29) is 30.7 Å². The number of nitrogens with zero attached hydrogens (tertiary/aromatic N) is 3. The minimum absolute atomic E-state index is 0. The van der Waals surface area contributed by atoms with Gasteiger partial charge in [0, 0.05) is 31.0 Å². The van der Waals surface area contributed by atoms with Crippen molar-refractivity contribution in [2.75, 3.05) is 25.5 Å². The third-order valence-corrected chi connectivity index (χ3v) is 4.94. The number of hydrogen-bond acceptors (Lipinski definition) is 4. The Morgan fingerprint density at radius 2 is 1.75 bits per heavy atom. The number of carbonyl (C=O) groups excluding carboxylic acids is 1. The van der Waals surface area contributed by atoms with E-state index in [0.717, 1.165) is 17.8 Å². The SMILES string of the molecule is CNC(C(=O)Nc1ccc(CN2CCCCCC2)cc1)c1cnn(C)c1.Cl.Cl. The first-order chi connectivity index (χ1) is 12.7. The van der Waals surface area contributed by atoms with Crippen molar-refractivity contribution >= 4 is 36.4 Å². The smallest absolute Gasteiger partial charge is 0.246 e. The quantitative estimate of drug-likeness (QED) is 0.739. The number of likely N-dealkylation sites (N-methyl/N-ethyl adjacent to an activating group) is 1. The van der Waals surface area contributed by atoms with Crippen LogP contribution < -0.4 is 10.6 Å². The van der Waals surface area contributed by atoms with E-state index in [1.165, 1.54) is 44.3 Å². The average molecular weight is 428 g/mol. The van der Waals surface area contributed by atoms with Crippen LogP contribution in [0, 0.1) is 0 Å².